The van der Waals surface area contributed by atoms with Crippen molar-refractivity contribution in [3.8, 4) is 17.2 Å². The maximum atomic E-state index is 12.6. The molecule has 118 valence electrons. The number of hydrogen-bond donors (Lipinski definition) is 0. The lowest BCUT2D eigenvalue weighted by Gasteiger charge is -2.07. The Balaban J connectivity index is 2.11. The lowest BCUT2D eigenvalue weighted by atomic mass is 10.1. The minimum Gasteiger partial charge on any atom is -0.497 e. The first kappa shape index (κ1) is 15.1. The van der Waals surface area contributed by atoms with E-state index in [0.29, 0.717) is 5.75 Å². The number of alkyl halides is 3. The topological polar surface area (TPSA) is 52.3 Å². The van der Waals surface area contributed by atoms with Gasteiger partial charge in [-0.1, -0.05) is 0 Å². The fourth-order valence-corrected chi connectivity index (χ4v) is 2.10. The molecular formula is C16H10F3NO3. The highest BCUT2D eigenvalue weighted by Gasteiger charge is 2.30. The molecule has 0 saturated carbocycles. The van der Waals surface area contributed by atoms with Crippen molar-refractivity contribution in [3.63, 3.8) is 0 Å². The van der Waals surface area contributed by atoms with Crippen molar-refractivity contribution < 1.29 is 22.3 Å². The molecule has 7 heteroatoms. The van der Waals surface area contributed by atoms with E-state index < -0.39 is 17.3 Å². The third kappa shape index (κ3) is 2.90. The van der Waals surface area contributed by atoms with Gasteiger partial charge in [0, 0.05) is 11.6 Å². The van der Waals surface area contributed by atoms with Gasteiger partial charge in [0.1, 0.15) is 11.3 Å². The molecule has 0 amide bonds. The van der Waals surface area contributed by atoms with E-state index >= 15 is 0 Å². The molecule has 0 aliphatic heterocycles. The SMILES string of the molecule is COc1ccc2c(=O)nc(-c3ccc(C(F)(F)F)cc3)oc2c1. The van der Waals surface area contributed by atoms with Crippen LogP contribution in [0.2, 0.25) is 0 Å². The molecule has 23 heavy (non-hydrogen) atoms. The molecule has 0 N–H and O–H groups in total. The van der Waals surface area contributed by atoms with Gasteiger partial charge >= 0.3 is 6.18 Å². The summed E-state index contributed by atoms with van der Waals surface area (Å²) in [6, 6.07) is 8.87. The maximum Gasteiger partial charge on any atom is 0.416 e. The average molecular weight is 321 g/mol. The first-order valence-electron chi connectivity index (χ1n) is 6.55. The van der Waals surface area contributed by atoms with Crippen molar-refractivity contribution in [2.45, 2.75) is 6.18 Å². The first-order chi connectivity index (χ1) is 10.9. The molecule has 0 aliphatic rings. The molecule has 0 radical (unpaired) electrons. The fourth-order valence-electron chi connectivity index (χ4n) is 2.10. The molecule has 0 unspecified atom stereocenters. The van der Waals surface area contributed by atoms with Crippen LogP contribution in [0.25, 0.3) is 22.4 Å². The van der Waals surface area contributed by atoms with Crippen molar-refractivity contribution in [2.24, 2.45) is 0 Å². The highest BCUT2D eigenvalue weighted by atomic mass is 19.4. The van der Waals surface area contributed by atoms with Gasteiger partial charge in [-0.3, -0.25) is 4.79 Å². The predicted molar refractivity (Wildman–Crippen MR) is 77.3 cm³/mol. The Bertz CT molecular complexity index is 914. The molecule has 3 aromatic rings. The van der Waals surface area contributed by atoms with Crippen LogP contribution in [-0.4, -0.2) is 12.1 Å². The summed E-state index contributed by atoms with van der Waals surface area (Å²) in [5.41, 5.74) is -0.783. The van der Waals surface area contributed by atoms with E-state index in [-0.39, 0.29) is 22.4 Å². The number of ether oxygens (including phenoxy) is 1. The predicted octanol–water partition coefficient (Wildman–Crippen LogP) is 3.88. The zero-order valence-electron chi connectivity index (χ0n) is 11.8. The molecule has 1 heterocycles. The molecule has 0 fully saturated rings. The average Bonchev–Trinajstić information content (AvgIpc) is 2.53. The molecule has 1 aromatic heterocycles. The quantitative estimate of drug-likeness (QED) is 0.719. The molecule has 0 atom stereocenters. The van der Waals surface area contributed by atoms with Crippen LogP contribution in [0.4, 0.5) is 13.2 Å². The number of aromatic nitrogens is 1. The van der Waals surface area contributed by atoms with Gasteiger partial charge in [-0.05, 0) is 36.4 Å². The second kappa shape index (κ2) is 5.42. The van der Waals surface area contributed by atoms with Crippen molar-refractivity contribution in [1.29, 1.82) is 0 Å². The van der Waals surface area contributed by atoms with Crippen molar-refractivity contribution >= 4 is 11.0 Å². The van der Waals surface area contributed by atoms with Gasteiger partial charge in [-0.15, -0.1) is 0 Å². The van der Waals surface area contributed by atoms with Gasteiger partial charge in [0.05, 0.1) is 18.1 Å². The lowest BCUT2D eigenvalue weighted by Crippen LogP contribution is -2.08. The van der Waals surface area contributed by atoms with Crippen LogP contribution >= 0.6 is 0 Å². The third-order valence-electron chi connectivity index (χ3n) is 3.29. The van der Waals surface area contributed by atoms with E-state index in [1.54, 1.807) is 6.07 Å². The van der Waals surface area contributed by atoms with Gasteiger partial charge in [-0.25, -0.2) is 0 Å². The second-order valence-electron chi connectivity index (χ2n) is 4.76. The van der Waals surface area contributed by atoms with E-state index in [9.17, 15) is 18.0 Å². The molecule has 4 nitrogen and oxygen atoms in total. The van der Waals surface area contributed by atoms with Crippen LogP contribution in [0.5, 0.6) is 5.75 Å². The molecule has 0 saturated heterocycles. The summed E-state index contributed by atoms with van der Waals surface area (Å²) in [6.07, 6.45) is -4.43. The summed E-state index contributed by atoms with van der Waals surface area (Å²) in [5, 5.41) is 0.265. The maximum absolute atomic E-state index is 12.6. The molecule has 3 rings (SSSR count). The standard InChI is InChI=1S/C16H10F3NO3/c1-22-11-6-7-12-13(8-11)23-15(20-14(12)21)9-2-4-10(5-3-9)16(17,18)19/h2-8H,1H3. The summed E-state index contributed by atoms with van der Waals surface area (Å²) < 4.78 is 48.3. The van der Waals surface area contributed by atoms with E-state index in [1.165, 1.54) is 31.4 Å². The largest absolute Gasteiger partial charge is 0.497 e. The van der Waals surface area contributed by atoms with Crippen molar-refractivity contribution in [1.82, 2.24) is 4.98 Å². The number of halogens is 3. The van der Waals surface area contributed by atoms with E-state index in [0.717, 1.165) is 12.1 Å². The van der Waals surface area contributed by atoms with Gasteiger partial charge < -0.3 is 9.15 Å². The molecular weight excluding hydrogens is 311 g/mol. The Kier molecular flexibility index (Phi) is 3.55. The molecule has 0 aliphatic carbocycles. The zero-order chi connectivity index (χ0) is 16.6. The van der Waals surface area contributed by atoms with Crippen LogP contribution in [0.3, 0.4) is 0 Å². The Hall–Kier alpha value is -2.83. The minimum absolute atomic E-state index is 0.0514. The number of nitrogens with zero attached hydrogens (tertiary/aromatic N) is 1. The Morgan fingerprint density at radius 2 is 1.78 bits per heavy atom. The highest BCUT2D eigenvalue weighted by Crippen LogP contribution is 2.31. The number of hydrogen-bond acceptors (Lipinski definition) is 4. The first-order valence-corrected chi connectivity index (χ1v) is 6.55. The number of benzene rings is 2. The molecule has 0 spiro atoms. The van der Waals surface area contributed by atoms with Crippen LogP contribution in [0, 0.1) is 0 Å². The van der Waals surface area contributed by atoms with Gasteiger partial charge in [0.25, 0.3) is 5.56 Å². The summed E-state index contributed by atoms with van der Waals surface area (Å²) in [6.45, 7) is 0. The Morgan fingerprint density at radius 1 is 1.09 bits per heavy atom. The second-order valence-corrected chi connectivity index (χ2v) is 4.76. The van der Waals surface area contributed by atoms with Gasteiger partial charge in [0.2, 0.25) is 5.89 Å². The van der Waals surface area contributed by atoms with Gasteiger partial charge in [0.15, 0.2) is 0 Å². The lowest BCUT2D eigenvalue weighted by molar-refractivity contribution is -0.137. The van der Waals surface area contributed by atoms with Crippen molar-refractivity contribution in [3.05, 3.63) is 58.4 Å². The summed E-state index contributed by atoms with van der Waals surface area (Å²) in [5.74, 6) is 0.440. The van der Waals surface area contributed by atoms with Crippen LogP contribution in [0.15, 0.2) is 51.7 Å². The normalized spacial score (nSPS) is 11.7. The monoisotopic (exact) mass is 321 g/mol. The van der Waals surface area contributed by atoms with Crippen LogP contribution in [0.1, 0.15) is 5.56 Å². The van der Waals surface area contributed by atoms with Crippen LogP contribution in [-0.2, 0) is 6.18 Å². The third-order valence-corrected chi connectivity index (χ3v) is 3.29. The van der Waals surface area contributed by atoms with Crippen molar-refractivity contribution in [2.75, 3.05) is 7.11 Å². The summed E-state index contributed by atoms with van der Waals surface area (Å²) >= 11 is 0. The van der Waals surface area contributed by atoms with E-state index in [1.807, 2.05) is 0 Å². The Morgan fingerprint density at radius 3 is 2.39 bits per heavy atom. The van der Waals surface area contributed by atoms with Gasteiger partial charge in [-0.2, -0.15) is 18.2 Å². The summed E-state index contributed by atoms with van der Waals surface area (Å²) in [4.78, 5) is 15.8. The van der Waals surface area contributed by atoms with Crippen LogP contribution < -0.4 is 10.3 Å². The summed E-state index contributed by atoms with van der Waals surface area (Å²) in [7, 11) is 1.47. The van der Waals surface area contributed by atoms with E-state index in [4.69, 9.17) is 9.15 Å². The minimum atomic E-state index is -4.43. The number of fused-ring (bicyclic) bond motifs is 1. The van der Waals surface area contributed by atoms with E-state index in [2.05, 4.69) is 4.98 Å². The fraction of sp³-hybridized carbons (Fsp3) is 0.125. The molecule has 2 aromatic carbocycles. The zero-order valence-corrected chi connectivity index (χ0v) is 11.8. The smallest absolute Gasteiger partial charge is 0.416 e. The molecule has 0 bridgehead atoms. The number of methoxy groups -OCH3 is 1. The highest BCUT2D eigenvalue weighted by molar-refractivity contribution is 5.78. The number of rotatable bonds is 2. The Labute approximate surface area is 128 Å².